The lowest BCUT2D eigenvalue weighted by Gasteiger charge is -2.23. The van der Waals surface area contributed by atoms with Gasteiger partial charge in [-0.1, -0.05) is 72.3 Å². The molecule has 4 N–H and O–H groups in total. The molecule has 0 heterocycles. The molecule has 2 aromatic rings. The second-order valence-electron chi connectivity index (χ2n) is 6.22. The molecular weight excluding hydrogens is 280 g/mol. The first kappa shape index (κ1) is 15.7. The van der Waals surface area contributed by atoms with Gasteiger partial charge >= 0.3 is 0 Å². The Hall–Kier alpha value is -2.16. The first-order valence-electron chi connectivity index (χ1n) is 8.15. The van der Waals surface area contributed by atoms with Crippen molar-refractivity contribution in [1.29, 1.82) is 0 Å². The lowest BCUT2D eigenvalue weighted by atomic mass is 9.80. The van der Waals surface area contributed by atoms with Crippen LogP contribution in [0.5, 0.6) is 0 Å². The van der Waals surface area contributed by atoms with Gasteiger partial charge in [0.2, 0.25) is 0 Å². The third kappa shape index (κ3) is 3.44. The summed E-state index contributed by atoms with van der Waals surface area (Å²) in [5.74, 6) is 0.665. The summed E-state index contributed by atoms with van der Waals surface area (Å²) >= 11 is 0. The Morgan fingerprint density at radius 3 is 1.91 bits per heavy atom. The van der Waals surface area contributed by atoms with Crippen LogP contribution in [-0.4, -0.2) is 0 Å². The molecule has 0 amide bonds. The monoisotopic (exact) mass is 304 g/mol. The van der Waals surface area contributed by atoms with E-state index >= 15 is 0 Å². The molecule has 1 aliphatic carbocycles. The summed E-state index contributed by atoms with van der Waals surface area (Å²) in [6.45, 7) is 3.29. The lowest BCUT2D eigenvalue weighted by Crippen LogP contribution is -2.11. The van der Waals surface area contributed by atoms with Crippen LogP contribution in [0.3, 0.4) is 0 Å². The molecule has 1 unspecified atom stereocenters. The number of nitrogens with two attached hydrogens (primary N) is 2. The van der Waals surface area contributed by atoms with Gasteiger partial charge in [0.25, 0.3) is 0 Å². The van der Waals surface area contributed by atoms with Crippen LogP contribution in [0.25, 0.3) is 0 Å². The highest BCUT2D eigenvalue weighted by atomic mass is 14.5. The lowest BCUT2D eigenvalue weighted by molar-refractivity contribution is 0.689. The van der Waals surface area contributed by atoms with Gasteiger partial charge in [0, 0.05) is 24.9 Å². The van der Waals surface area contributed by atoms with Crippen molar-refractivity contribution in [3.8, 4) is 0 Å². The first-order valence-corrected chi connectivity index (χ1v) is 8.15. The summed E-state index contributed by atoms with van der Waals surface area (Å²) in [6.07, 6.45) is 6.84. The largest absolute Gasteiger partial charge is 0.326 e. The van der Waals surface area contributed by atoms with Crippen LogP contribution in [0, 0.1) is 5.92 Å². The van der Waals surface area contributed by atoms with E-state index in [-0.39, 0.29) is 0 Å². The molecule has 1 atom stereocenters. The predicted molar refractivity (Wildman–Crippen MR) is 96.9 cm³/mol. The summed E-state index contributed by atoms with van der Waals surface area (Å²) in [5, 5.41) is 0. The first-order chi connectivity index (χ1) is 11.2. The van der Waals surface area contributed by atoms with E-state index in [9.17, 15) is 0 Å². The minimum Gasteiger partial charge on any atom is -0.326 e. The van der Waals surface area contributed by atoms with Crippen LogP contribution in [-0.2, 0) is 13.1 Å². The Labute approximate surface area is 138 Å². The maximum absolute atomic E-state index is 5.84. The highest BCUT2D eigenvalue weighted by Gasteiger charge is 2.24. The van der Waals surface area contributed by atoms with E-state index in [1.807, 2.05) is 0 Å². The molecule has 0 bridgehead atoms. The number of rotatable bonds is 5. The minimum atomic E-state index is 0.293. The van der Waals surface area contributed by atoms with Gasteiger partial charge < -0.3 is 11.5 Å². The van der Waals surface area contributed by atoms with E-state index in [1.54, 1.807) is 0 Å². The van der Waals surface area contributed by atoms with Gasteiger partial charge in [-0.25, -0.2) is 0 Å². The molecule has 0 fully saturated rings. The molecule has 1 aliphatic rings. The van der Waals surface area contributed by atoms with Crippen molar-refractivity contribution in [2.75, 3.05) is 0 Å². The molecule has 2 heteroatoms. The number of hydrogen-bond acceptors (Lipinski definition) is 2. The van der Waals surface area contributed by atoms with Gasteiger partial charge in [-0.05, 0) is 29.2 Å². The van der Waals surface area contributed by atoms with Gasteiger partial charge in [0.1, 0.15) is 0 Å². The van der Waals surface area contributed by atoms with Crippen LogP contribution < -0.4 is 11.5 Å². The summed E-state index contributed by atoms with van der Waals surface area (Å²) in [5.41, 5.74) is 18.0. The molecule has 0 aliphatic heterocycles. The standard InChI is InChI=1S/C21H24N2/c1-15-8-9-20(10-15)21(18-6-2-4-16(11-18)13-22)19-7-3-5-17(12-19)14-23/h2-12,20-21H,13-14,22-23H2,1H3. The van der Waals surface area contributed by atoms with E-state index in [1.165, 1.54) is 27.8 Å². The molecular formula is C21H24N2. The van der Waals surface area contributed by atoms with Crippen LogP contribution in [0.2, 0.25) is 0 Å². The minimum absolute atomic E-state index is 0.293. The van der Waals surface area contributed by atoms with Gasteiger partial charge in [-0.3, -0.25) is 0 Å². The molecule has 0 aromatic heterocycles. The van der Waals surface area contributed by atoms with Crippen LogP contribution in [0.1, 0.15) is 35.1 Å². The normalized spacial score (nSPS) is 16.9. The summed E-state index contributed by atoms with van der Waals surface area (Å²) < 4.78 is 0. The molecule has 23 heavy (non-hydrogen) atoms. The molecule has 0 saturated heterocycles. The summed E-state index contributed by atoms with van der Waals surface area (Å²) in [7, 11) is 0. The fourth-order valence-electron chi connectivity index (χ4n) is 3.35. The molecule has 2 aromatic carbocycles. The topological polar surface area (TPSA) is 52.0 Å². The van der Waals surface area contributed by atoms with E-state index < -0.39 is 0 Å². The smallest absolute Gasteiger partial charge is 0.0187 e. The van der Waals surface area contributed by atoms with Crippen molar-refractivity contribution in [3.63, 3.8) is 0 Å². The van der Waals surface area contributed by atoms with E-state index in [2.05, 4.69) is 73.7 Å². The SMILES string of the molecule is CC1=CC(C(c2cccc(CN)c2)c2cccc(CN)c2)C=C1. The molecule has 118 valence electrons. The fourth-order valence-corrected chi connectivity index (χ4v) is 3.35. The van der Waals surface area contributed by atoms with E-state index in [0.717, 1.165) is 0 Å². The van der Waals surface area contributed by atoms with Crippen LogP contribution >= 0.6 is 0 Å². The van der Waals surface area contributed by atoms with Crippen LogP contribution in [0.15, 0.2) is 72.3 Å². The van der Waals surface area contributed by atoms with Crippen molar-refractivity contribution in [2.45, 2.75) is 25.9 Å². The molecule has 0 saturated carbocycles. The fraction of sp³-hybridized carbons (Fsp3) is 0.238. The summed E-state index contributed by atoms with van der Waals surface area (Å²) in [6, 6.07) is 17.2. The molecule has 2 nitrogen and oxygen atoms in total. The number of benzene rings is 2. The predicted octanol–water partition coefficient (Wildman–Crippen LogP) is 3.87. The molecule has 3 rings (SSSR count). The molecule has 0 radical (unpaired) electrons. The Balaban J connectivity index is 2.08. The van der Waals surface area contributed by atoms with Crippen molar-refractivity contribution in [1.82, 2.24) is 0 Å². The zero-order chi connectivity index (χ0) is 16.2. The van der Waals surface area contributed by atoms with E-state index in [4.69, 9.17) is 11.5 Å². The van der Waals surface area contributed by atoms with Crippen molar-refractivity contribution < 1.29 is 0 Å². The van der Waals surface area contributed by atoms with Crippen LogP contribution in [0.4, 0.5) is 0 Å². The Kier molecular flexibility index (Phi) is 4.75. The Morgan fingerprint density at radius 2 is 1.48 bits per heavy atom. The second-order valence-corrected chi connectivity index (χ2v) is 6.22. The highest BCUT2D eigenvalue weighted by molar-refractivity contribution is 5.42. The molecule has 0 spiro atoms. The number of hydrogen-bond donors (Lipinski definition) is 2. The van der Waals surface area contributed by atoms with Gasteiger partial charge in [0.15, 0.2) is 0 Å². The maximum atomic E-state index is 5.84. The third-order valence-electron chi connectivity index (χ3n) is 4.51. The highest BCUT2D eigenvalue weighted by Crippen LogP contribution is 2.37. The maximum Gasteiger partial charge on any atom is 0.0187 e. The second kappa shape index (κ2) is 6.95. The van der Waals surface area contributed by atoms with Crippen molar-refractivity contribution in [3.05, 3.63) is 94.6 Å². The third-order valence-corrected chi connectivity index (χ3v) is 4.51. The van der Waals surface area contributed by atoms with Gasteiger partial charge in [0.05, 0.1) is 0 Å². The summed E-state index contributed by atoms with van der Waals surface area (Å²) in [4.78, 5) is 0. The Morgan fingerprint density at radius 1 is 0.913 bits per heavy atom. The van der Waals surface area contributed by atoms with Gasteiger partial charge in [-0.2, -0.15) is 0 Å². The van der Waals surface area contributed by atoms with Crippen molar-refractivity contribution in [2.24, 2.45) is 17.4 Å². The average Bonchev–Trinajstić information content (AvgIpc) is 3.01. The van der Waals surface area contributed by atoms with Crippen molar-refractivity contribution >= 4 is 0 Å². The Bertz CT molecular complexity index is 696. The van der Waals surface area contributed by atoms with Gasteiger partial charge in [-0.15, -0.1) is 0 Å². The zero-order valence-electron chi connectivity index (χ0n) is 13.6. The quantitative estimate of drug-likeness (QED) is 0.881. The van der Waals surface area contributed by atoms with E-state index in [0.29, 0.717) is 24.9 Å². The zero-order valence-corrected chi connectivity index (χ0v) is 13.6. The average molecular weight is 304 g/mol. The number of allylic oxidation sites excluding steroid dienone is 4.